The van der Waals surface area contributed by atoms with E-state index in [1.54, 1.807) is 20.9 Å². The van der Waals surface area contributed by atoms with Gasteiger partial charge in [-0.1, -0.05) is 49.0 Å². The monoisotopic (exact) mass is 371 g/mol. The van der Waals surface area contributed by atoms with Crippen LogP contribution in [0.4, 0.5) is 0 Å². The van der Waals surface area contributed by atoms with E-state index in [1.165, 1.54) is 16.7 Å². The zero-order valence-electron chi connectivity index (χ0n) is 15.9. The first-order chi connectivity index (χ1) is 12.3. The second-order valence-electron chi connectivity index (χ2n) is 6.71. The van der Waals surface area contributed by atoms with Crippen LogP contribution in [0, 0.1) is 11.3 Å². The van der Waals surface area contributed by atoms with Crippen molar-refractivity contribution in [3.8, 4) is 17.5 Å². The van der Waals surface area contributed by atoms with Gasteiger partial charge in [0.05, 0.1) is 11.8 Å². The van der Waals surface area contributed by atoms with Gasteiger partial charge in [0.1, 0.15) is 5.54 Å². The highest BCUT2D eigenvalue weighted by molar-refractivity contribution is 7.99. The number of hydrogen-bond donors (Lipinski definition) is 0. The Labute approximate surface area is 159 Å². The van der Waals surface area contributed by atoms with E-state index in [-0.39, 0.29) is 17.7 Å². The summed E-state index contributed by atoms with van der Waals surface area (Å²) in [6, 6.07) is 12.3. The number of thioether (sulfide) groups is 1. The summed E-state index contributed by atoms with van der Waals surface area (Å²) >= 11 is 1.36. The minimum absolute atomic E-state index is 0.110. The van der Waals surface area contributed by atoms with Crippen LogP contribution >= 0.6 is 11.8 Å². The molecule has 1 amide bonds. The molecule has 0 aliphatic rings. The smallest absolute Gasteiger partial charge is 0.234 e. The second-order valence-corrected chi connectivity index (χ2v) is 7.65. The van der Waals surface area contributed by atoms with Gasteiger partial charge in [0.25, 0.3) is 0 Å². The highest BCUT2D eigenvalue weighted by atomic mass is 32.2. The molecule has 6 nitrogen and oxygen atoms in total. The van der Waals surface area contributed by atoms with Crippen LogP contribution in [0.3, 0.4) is 0 Å². The van der Waals surface area contributed by atoms with E-state index in [1.807, 2.05) is 30.3 Å². The minimum atomic E-state index is -0.836. The van der Waals surface area contributed by atoms with Gasteiger partial charge in [-0.3, -0.25) is 9.36 Å². The van der Waals surface area contributed by atoms with Gasteiger partial charge in [0.2, 0.25) is 5.91 Å². The van der Waals surface area contributed by atoms with Crippen LogP contribution in [0.15, 0.2) is 35.5 Å². The van der Waals surface area contributed by atoms with E-state index in [9.17, 15) is 10.1 Å². The van der Waals surface area contributed by atoms with Crippen molar-refractivity contribution < 1.29 is 4.79 Å². The van der Waals surface area contributed by atoms with E-state index in [0.29, 0.717) is 0 Å². The number of nitrogens with zero attached hydrogens (tertiary/aromatic N) is 5. The molecule has 2 rings (SSSR count). The van der Waals surface area contributed by atoms with E-state index in [4.69, 9.17) is 0 Å². The standard InChI is InChI=1S/C19H25N5OS/c1-6-14(2)24-17(15-10-8-7-9-11-15)21-22-18(24)26-12-16(25)23(5)19(3,4)13-20/h7-11,14H,6,12H2,1-5H3. The predicted molar refractivity (Wildman–Crippen MR) is 104 cm³/mol. The van der Waals surface area contributed by atoms with Crippen LogP contribution in [0.1, 0.15) is 40.2 Å². The maximum atomic E-state index is 12.4. The third-order valence-corrected chi connectivity index (χ3v) is 5.47. The Morgan fingerprint density at radius 3 is 2.58 bits per heavy atom. The van der Waals surface area contributed by atoms with Crippen molar-refractivity contribution in [2.24, 2.45) is 0 Å². The van der Waals surface area contributed by atoms with Crippen LogP contribution in [0.25, 0.3) is 11.4 Å². The summed E-state index contributed by atoms with van der Waals surface area (Å²) in [5.74, 6) is 0.910. The summed E-state index contributed by atoms with van der Waals surface area (Å²) in [6.45, 7) is 7.68. The fraction of sp³-hybridized carbons (Fsp3) is 0.474. The number of nitriles is 1. The molecule has 0 aliphatic heterocycles. The molecule has 0 spiro atoms. The third kappa shape index (κ3) is 4.25. The lowest BCUT2D eigenvalue weighted by Crippen LogP contribution is -2.44. The van der Waals surface area contributed by atoms with E-state index in [0.717, 1.165) is 23.0 Å². The Kier molecular flexibility index (Phi) is 6.43. The van der Waals surface area contributed by atoms with Gasteiger partial charge in [0, 0.05) is 18.7 Å². The molecule has 138 valence electrons. The molecule has 0 saturated heterocycles. The molecule has 0 saturated carbocycles. The molecule has 1 heterocycles. The second kappa shape index (κ2) is 8.37. The number of rotatable bonds is 7. The van der Waals surface area contributed by atoms with Crippen LogP contribution in [0.2, 0.25) is 0 Å². The third-order valence-electron chi connectivity index (χ3n) is 4.54. The molecule has 0 fully saturated rings. The topological polar surface area (TPSA) is 74.8 Å². The van der Waals surface area contributed by atoms with Crippen molar-refractivity contribution in [2.75, 3.05) is 12.8 Å². The molecular weight excluding hydrogens is 346 g/mol. The Bertz CT molecular complexity index is 794. The molecule has 2 aromatic rings. The average molecular weight is 372 g/mol. The Morgan fingerprint density at radius 1 is 1.35 bits per heavy atom. The quantitative estimate of drug-likeness (QED) is 0.693. The van der Waals surface area contributed by atoms with Crippen LogP contribution in [-0.4, -0.2) is 43.9 Å². The molecule has 1 atom stereocenters. The fourth-order valence-electron chi connectivity index (χ4n) is 2.35. The first-order valence-corrected chi connectivity index (χ1v) is 9.61. The molecule has 0 N–H and O–H groups in total. The minimum Gasteiger partial charge on any atom is -0.327 e. The van der Waals surface area contributed by atoms with Crippen LogP contribution in [0.5, 0.6) is 0 Å². The van der Waals surface area contributed by atoms with E-state index < -0.39 is 5.54 Å². The maximum Gasteiger partial charge on any atom is 0.234 e. The van der Waals surface area contributed by atoms with Crippen LogP contribution < -0.4 is 0 Å². The summed E-state index contributed by atoms with van der Waals surface area (Å²) in [4.78, 5) is 13.9. The van der Waals surface area contributed by atoms with Crippen molar-refractivity contribution in [2.45, 2.75) is 50.9 Å². The van der Waals surface area contributed by atoms with Gasteiger partial charge in [-0.2, -0.15) is 5.26 Å². The van der Waals surface area contributed by atoms with Crippen molar-refractivity contribution >= 4 is 17.7 Å². The molecule has 7 heteroatoms. The molecule has 0 radical (unpaired) electrons. The Morgan fingerprint density at radius 2 is 2.00 bits per heavy atom. The van der Waals surface area contributed by atoms with Gasteiger partial charge < -0.3 is 4.90 Å². The van der Waals surface area contributed by atoms with Gasteiger partial charge >= 0.3 is 0 Å². The summed E-state index contributed by atoms with van der Waals surface area (Å²) in [5, 5.41) is 18.6. The van der Waals surface area contributed by atoms with Gasteiger partial charge in [-0.25, -0.2) is 0 Å². The Balaban J connectivity index is 2.24. The summed E-state index contributed by atoms with van der Waals surface area (Å²) < 4.78 is 2.09. The Hall–Kier alpha value is -2.33. The van der Waals surface area contributed by atoms with Crippen molar-refractivity contribution in [1.82, 2.24) is 19.7 Å². The molecule has 1 unspecified atom stereocenters. The van der Waals surface area contributed by atoms with Crippen molar-refractivity contribution in [1.29, 1.82) is 5.26 Å². The molecule has 0 bridgehead atoms. The van der Waals surface area contributed by atoms with E-state index >= 15 is 0 Å². The highest BCUT2D eigenvalue weighted by Crippen LogP contribution is 2.29. The first kappa shape index (κ1) is 20.0. The molecule has 0 aliphatic carbocycles. The van der Waals surface area contributed by atoms with Gasteiger partial charge in [-0.15, -0.1) is 10.2 Å². The molecule has 1 aromatic heterocycles. The number of carbonyl (C=O) groups is 1. The lowest BCUT2D eigenvalue weighted by atomic mass is 10.1. The summed E-state index contributed by atoms with van der Waals surface area (Å²) in [6.07, 6.45) is 0.931. The largest absolute Gasteiger partial charge is 0.327 e. The molecule has 26 heavy (non-hydrogen) atoms. The number of carbonyl (C=O) groups excluding carboxylic acids is 1. The SMILES string of the molecule is CCC(C)n1c(SCC(=O)N(C)C(C)(C)C#N)nnc1-c1ccccc1. The summed E-state index contributed by atoms with van der Waals surface area (Å²) in [5.41, 5.74) is 0.165. The summed E-state index contributed by atoms with van der Waals surface area (Å²) in [7, 11) is 1.65. The van der Waals surface area contributed by atoms with E-state index in [2.05, 4.69) is 34.7 Å². The molecular formula is C19H25N5OS. The van der Waals surface area contributed by atoms with Crippen LogP contribution in [-0.2, 0) is 4.79 Å². The normalized spacial score (nSPS) is 12.5. The van der Waals surface area contributed by atoms with Crippen molar-refractivity contribution in [3.05, 3.63) is 30.3 Å². The highest BCUT2D eigenvalue weighted by Gasteiger charge is 2.28. The maximum absolute atomic E-state index is 12.4. The first-order valence-electron chi connectivity index (χ1n) is 8.62. The average Bonchev–Trinajstić information content (AvgIpc) is 3.09. The van der Waals surface area contributed by atoms with Gasteiger partial charge in [-0.05, 0) is 27.2 Å². The number of hydrogen-bond acceptors (Lipinski definition) is 5. The fourth-order valence-corrected chi connectivity index (χ4v) is 3.30. The lowest BCUT2D eigenvalue weighted by molar-refractivity contribution is -0.130. The van der Waals surface area contributed by atoms with Crippen molar-refractivity contribution in [3.63, 3.8) is 0 Å². The number of aromatic nitrogens is 3. The molecule has 1 aromatic carbocycles. The number of amides is 1. The predicted octanol–water partition coefficient (Wildman–Crippen LogP) is 3.77. The number of benzene rings is 1. The van der Waals surface area contributed by atoms with Gasteiger partial charge in [0.15, 0.2) is 11.0 Å². The lowest BCUT2D eigenvalue weighted by Gasteiger charge is -2.29. The zero-order valence-corrected chi connectivity index (χ0v) is 16.7. The zero-order chi connectivity index (χ0) is 19.3.